The molecule has 1 amide bonds. The average molecular weight is 268 g/mol. The first-order chi connectivity index (χ1) is 9.17. The van der Waals surface area contributed by atoms with Crippen LogP contribution in [-0.2, 0) is 11.2 Å². The van der Waals surface area contributed by atoms with Crippen molar-refractivity contribution in [3.05, 3.63) is 29.6 Å². The van der Waals surface area contributed by atoms with Gasteiger partial charge in [0.25, 0.3) is 0 Å². The highest BCUT2D eigenvalue weighted by molar-refractivity contribution is 5.75. The zero-order chi connectivity index (χ0) is 14.1. The molecule has 5 heteroatoms. The van der Waals surface area contributed by atoms with Gasteiger partial charge in [0.15, 0.2) is 0 Å². The Balaban J connectivity index is 2.36. The summed E-state index contributed by atoms with van der Waals surface area (Å²) in [5, 5.41) is 5.80. The van der Waals surface area contributed by atoms with Gasteiger partial charge >= 0.3 is 0 Å². The second kappa shape index (κ2) is 8.48. The number of amides is 1. The van der Waals surface area contributed by atoms with Crippen molar-refractivity contribution in [1.29, 1.82) is 0 Å². The van der Waals surface area contributed by atoms with E-state index in [9.17, 15) is 9.18 Å². The van der Waals surface area contributed by atoms with Gasteiger partial charge in [0.2, 0.25) is 5.91 Å². The van der Waals surface area contributed by atoms with Crippen molar-refractivity contribution in [2.45, 2.75) is 19.3 Å². The van der Waals surface area contributed by atoms with E-state index >= 15 is 0 Å². The highest BCUT2D eigenvalue weighted by Gasteiger charge is 2.06. The Morgan fingerprint density at radius 1 is 1.37 bits per heavy atom. The third-order valence-electron chi connectivity index (χ3n) is 2.79. The molecule has 0 atom stereocenters. The minimum absolute atomic E-state index is 0.0191. The number of hydrogen-bond donors (Lipinski definition) is 2. The van der Waals surface area contributed by atoms with Crippen molar-refractivity contribution in [3.8, 4) is 5.75 Å². The maximum atomic E-state index is 13.1. The fraction of sp³-hybridized carbons (Fsp3) is 0.500. The molecule has 0 saturated carbocycles. The molecule has 1 aromatic rings. The zero-order valence-corrected chi connectivity index (χ0v) is 11.5. The van der Waals surface area contributed by atoms with Crippen LogP contribution in [0.2, 0.25) is 0 Å². The van der Waals surface area contributed by atoms with Crippen molar-refractivity contribution in [2.24, 2.45) is 0 Å². The molecule has 0 fully saturated rings. The second-order valence-electron chi connectivity index (χ2n) is 4.26. The monoisotopic (exact) mass is 268 g/mol. The quantitative estimate of drug-likeness (QED) is 0.702. The van der Waals surface area contributed by atoms with Crippen LogP contribution < -0.4 is 15.4 Å². The summed E-state index contributed by atoms with van der Waals surface area (Å²) in [4.78, 5) is 11.5. The van der Waals surface area contributed by atoms with Crippen molar-refractivity contribution < 1.29 is 13.9 Å². The molecule has 0 unspecified atom stereocenters. The molecule has 0 radical (unpaired) electrons. The van der Waals surface area contributed by atoms with Gasteiger partial charge in [0.1, 0.15) is 11.6 Å². The Kier molecular flexibility index (Phi) is 6.89. The molecule has 0 spiro atoms. The van der Waals surface area contributed by atoms with Gasteiger partial charge in [-0.15, -0.1) is 0 Å². The lowest BCUT2D eigenvalue weighted by Crippen LogP contribution is -2.26. The predicted molar refractivity (Wildman–Crippen MR) is 72.8 cm³/mol. The van der Waals surface area contributed by atoms with E-state index in [1.54, 1.807) is 13.2 Å². The normalized spacial score (nSPS) is 10.3. The van der Waals surface area contributed by atoms with Gasteiger partial charge in [-0.25, -0.2) is 4.39 Å². The number of rotatable bonds is 8. The highest BCUT2D eigenvalue weighted by atomic mass is 19.1. The lowest BCUT2D eigenvalue weighted by Gasteiger charge is -2.09. The van der Waals surface area contributed by atoms with Crippen LogP contribution in [0.1, 0.15) is 18.4 Å². The lowest BCUT2D eigenvalue weighted by molar-refractivity contribution is -0.121. The molecule has 0 aliphatic rings. The molecule has 0 aromatic heterocycles. The van der Waals surface area contributed by atoms with E-state index < -0.39 is 0 Å². The van der Waals surface area contributed by atoms with Gasteiger partial charge in [-0.05, 0) is 50.2 Å². The summed E-state index contributed by atoms with van der Waals surface area (Å²) in [7, 11) is 3.40. The summed E-state index contributed by atoms with van der Waals surface area (Å²) in [5.74, 6) is 0.368. The number of hydrogen-bond acceptors (Lipinski definition) is 3. The number of carbonyl (C=O) groups is 1. The first-order valence-electron chi connectivity index (χ1n) is 6.41. The molecule has 4 nitrogen and oxygen atoms in total. The topological polar surface area (TPSA) is 50.4 Å². The predicted octanol–water partition coefficient (Wildman–Crippen LogP) is 1.49. The SMILES string of the molecule is CNCCCC(=O)NCCc1cc(F)ccc1OC. The summed E-state index contributed by atoms with van der Waals surface area (Å²) in [5.41, 5.74) is 0.762. The first-order valence-corrected chi connectivity index (χ1v) is 6.41. The lowest BCUT2D eigenvalue weighted by atomic mass is 10.1. The van der Waals surface area contributed by atoms with Crippen LogP contribution in [0.3, 0.4) is 0 Å². The molecule has 1 aromatic carbocycles. The molecule has 0 heterocycles. The summed E-state index contributed by atoms with van der Waals surface area (Å²) in [6, 6.07) is 4.39. The third kappa shape index (κ3) is 5.70. The van der Waals surface area contributed by atoms with Gasteiger partial charge in [0.05, 0.1) is 7.11 Å². The molecule has 1 rings (SSSR count). The molecule has 0 aliphatic heterocycles. The fourth-order valence-corrected chi connectivity index (χ4v) is 1.79. The Bertz CT molecular complexity index is 410. The minimum atomic E-state index is -0.295. The summed E-state index contributed by atoms with van der Waals surface area (Å²) >= 11 is 0. The summed E-state index contributed by atoms with van der Waals surface area (Å²) in [6.45, 7) is 1.31. The third-order valence-corrected chi connectivity index (χ3v) is 2.79. The van der Waals surface area contributed by atoms with Gasteiger partial charge in [-0.1, -0.05) is 0 Å². The van der Waals surface area contributed by atoms with E-state index in [2.05, 4.69) is 10.6 Å². The number of benzene rings is 1. The van der Waals surface area contributed by atoms with Crippen LogP contribution in [0.15, 0.2) is 18.2 Å². The smallest absolute Gasteiger partial charge is 0.220 e. The molecule has 0 bridgehead atoms. The Morgan fingerprint density at radius 3 is 2.84 bits per heavy atom. The number of carbonyl (C=O) groups excluding carboxylic acids is 1. The maximum Gasteiger partial charge on any atom is 0.220 e. The Hall–Kier alpha value is -1.62. The van der Waals surface area contributed by atoms with Crippen molar-refractivity contribution in [2.75, 3.05) is 27.2 Å². The van der Waals surface area contributed by atoms with E-state index in [1.165, 1.54) is 12.1 Å². The number of nitrogens with one attached hydrogen (secondary N) is 2. The van der Waals surface area contributed by atoms with E-state index in [4.69, 9.17) is 4.74 Å². The van der Waals surface area contributed by atoms with E-state index in [0.29, 0.717) is 25.1 Å². The standard InChI is InChI=1S/C14H21FN2O2/c1-16-8-3-4-14(18)17-9-7-11-10-12(15)5-6-13(11)19-2/h5-6,10,16H,3-4,7-9H2,1-2H3,(H,17,18). The van der Waals surface area contributed by atoms with Gasteiger partial charge in [0, 0.05) is 13.0 Å². The number of methoxy groups -OCH3 is 1. The molecule has 2 N–H and O–H groups in total. The van der Waals surface area contributed by atoms with Crippen molar-refractivity contribution in [1.82, 2.24) is 10.6 Å². The molecule has 0 saturated heterocycles. The average Bonchev–Trinajstić information content (AvgIpc) is 2.39. The highest BCUT2D eigenvalue weighted by Crippen LogP contribution is 2.19. The molecular weight excluding hydrogens is 247 g/mol. The van der Waals surface area contributed by atoms with Gasteiger partial charge in [-0.3, -0.25) is 4.79 Å². The summed E-state index contributed by atoms with van der Waals surface area (Å²) < 4.78 is 18.3. The second-order valence-corrected chi connectivity index (χ2v) is 4.26. The zero-order valence-electron chi connectivity index (χ0n) is 11.5. The Morgan fingerprint density at radius 2 is 2.16 bits per heavy atom. The summed E-state index contributed by atoms with van der Waals surface area (Å²) in [6.07, 6.45) is 1.87. The fourth-order valence-electron chi connectivity index (χ4n) is 1.79. The van der Waals surface area contributed by atoms with Crippen molar-refractivity contribution >= 4 is 5.91 Å². The van der Waals surface area contributed by atoms with Crippen LogP contribution in [0.5, 0.6) is 5.75 Å². The Labute approximate surface area is 113 Å². The van der Waals surface area contributed by atoms with Gasteiger partial charge < -0.3 is 15.4 Å². The van der Waals surface area contributed by atoms with E-state index in [-0.39, 0.29) is 11.7 Å². The van der Waals surface area contributed by atoms with Gasteiger partial charge in [-0.2, -0.15) is 0 Å². The number of halogens is 1. The van der Waals surface area contributed by atoms with Crippen LogP contribution in [0.4, 0.5) is 4.39 Å². The minimum Gasteiger partial charge on any atom is -0.496 e. The van der Waals surface area contributed by atoms with Crippen LogP contribution in [0, 0.1) is 5.82 Å². The van der Waals surface area contributed by atoms with E-state index in [0.717, 1.165) is 18.5 Å². The largest absolute Gasteiger partial charge is 0.496 e. The first kappa shape index (κ1) is 15.4. The maximum absolute atomic E-state index is 13.1. The molecular formula is C14H21FN2O2. The molecule has 106 valence electrons. The molecule has 0 aliphatic carbocycles. The van der Waals surface area contributed by atoms with Crippen LogP contribution >= 0.6 is 0 Å². The number of ether oxygens (including phenoxy) is 1. The van der Waals surface area contributed by atoms with Crippen LogP contribution in [-0.4, -0.2) is 33.2 Å². The van der Waals surface area contributed by atoms with E-state index in [1.807, 2.05) is 7.05 Å². The van der Waals surface area contributed by atoms with Crippen molar-refractivity contribution in [3.63, 3.8) is 0 Å². The van der Waals surface area contributed by atoms with Crippen LogP contribution in [0.25, 0.3) is 0 Å². The molecule has 19 heavy (non-hydrogen) atoms.